The first-order chi connectivity index (χ1) is 12.3. The highest BCUT2D eigenvalue weighted by Gasteiger charge is 2.25. The number of nitrogens with one attached hydrogen (secondary N) is 1. The van der Waals surface area contributed by atoms with E-state index in [1.54, 1.807) is 23.2 Å². The average Bonchev–Trinajstić information content (AvgIpc) is 3.13. The Bertz CT molecular complexity index is 1020. The summed E-state index contributed by atoms with van der Waals surface area (Å²) >= 11 is 0. The molecule has 3 aromatic rings. The topological polar surface area (TPSA) is 81.8 Å². The average molecular weight is 373 g/mol. The first-order valence-corrected chi connectivity index (χ1v) is 9.96. The van der Waals surface area contributed by atoms with Crippen molar-refractivity contribution in [1.29, 1.82) is 0 Å². The summed E-state index contributed by atoms with van der Waals surface area (Å²) in [5.74, 6) is 0. The molecule has 0 saturated carbocycles. The number of aromatic nitrogens is 4. The molecular weight excluding hydrogens is 350 g/mol. The minimum atomic E-state index is -3.69. The van der Waals surface area contributed by atoms with E-state index in [4.69, 9.17) is 0 Å². The molecule has 0 fully saturated rings. The third-order valence-electron chi connectivity index (χ3n) is 4.32. The third kappa shape index (κ3) is 3.42. The van der Waals surface area contributed by atoms with Crippen molar-refractivity contribution in [2.75, 3.05) is 0 Å². The van der Waals surface area contributed by atoms with E-state index in [1.165, 1.54) is 0 Å². The SMILES string of the molecule is CCn1cc(CNS(=O)(=O)c2c(C)nn(-c3ccccc3)c2C)c(C)n1. The minimum absolute atomic E-state index is 0.198. The van der Waals surface area contributed by atoms with Gasteiger partial charge in [0, 0.05) is 24.8 Å². The van der Waals surface area contributed by atoms with Gasteiger partial charge in [-0.25, -0.2) is 17.8 Å². The van der Waals surface area contributed by atoms with Crippen LogP contribution in [0.4, 0.5) is 0 Å². The van der Waals surface area contributed by atoms with Gasteiger partial charge >= 0.3 is 0 Å². The van der Waals surface area contributed by atoms with Crippen LogP contribution in [-0.2, 0) is 23.1 Å². The largest absolute Gasteiger partial charge is 0.272 e. The standard InChI is InChI=1S/C18H23N5O2S/c1-5-22-12-16(13(2)20-22)11-19-26(24,25)18-14(3)21-23(15(18)4)17-9-7-6-8-10-17/h6-10,12,19H,5,11H2,1-4H3. The summed E-state index contributed by atoms with van der Waals surface area (Å²) in [6.45, 7) is 8.29. The molecule has 0 radical (unpaired) electrons. The molecule has 2 aromatic heterocycles. The summed E-state index contributed by atoms with van der Waals surface area (Å²) in [4.78, 5) is 0.224. The van der Waals surface area contributed by atoms with Crippen LogP contribution in [0.15, 0.2) is 41.4 Å². The van der Waals surface area contributed by atoms with Gasteiger partial charge in [0.2, 0.25) is 10.0 Å². The number of aryl methyl sites for hydroxylation is 3. The van der Waals surface area contributed by atoms with Crippen LogP contribution < -0.4 is 4.72 Å². The molecule has 0 saturated heterocycles. The quantitative estimate of drug-likeness (QED) is 0.720. The zero-order chi connectivity index (χ0) is 18.9. The van der Waals surface area contributed by atoms with Crippen molar-refractivity contribution in [3.05, 3.63) is 59.2 Å². The zero-order valence-corrected chi connectivity index (χ0v) is 16.2. The highest BCUT2D eigenvalue weighted by Crippen LogP contribution is 2.22. The zero-order valence-electron chi connectivity index (χ0n) is 15.4. The third-order valence-corrected chi connectivity index (χ3v) is 5.97. The van der Waals surface area contributed by atoms with Crippen molar-refractivity contribution < 1.29 is 8.42 Å². The Balaban J connectivity index is 1.90. The highest BCUT2D eigenvalue weighted by atomic mass is 32.2. The Morgan fingerprint density at radius 2 is 1.73 bits per heavy atom. The molecule has 0 atom stereocenters. The maximum absolute atomic E-state index is 12.9. The van der Waals surface area contributed by atoms with Crippen molar-refractivity contribution in [2.24, 2.45) is 0 Å². The fourth-order valence-corrected chi connectivity index (χ4v) is 4.37. The van der Waals surface area contributed by atoms with E-state index in [0.29, 0.717) is 11.4 Å². The summed E-state index contributed by atoms with van der Waals surface area (Å²) < 4.78 is 31.9. The van der Waals surface area contributed by atoms with Crippen molar-refractivity contribution in [3.8, 4) is 5.69 Å². The molecule has 1 N–H and O–H groups in total. The molecule has 8 heteroatoms. The Morgan fingerprint density at radius 1 is 1.04 bits per heavy atom. The molecule has 7 nitrogen and oxygen atoms in total. The minimum Gasteiger partial charge on any atom is -0.272 e. The van der Waals surface area contributed by atoms with E-state index in [2.05, 4.69) is 14.9 Å². The number of nitrogens with zero attached hydrogens (tertiary/aromatic N) is 4. The first kappa shape index (κ1) is 18.3. The molecule has 1 aromatic carbocycles. The van der Waals surface area contributed by atoms with E-state index < -0.39 is 10.0 Å². The van der Waals surface area contributed by atoms with E-state index >= 15 is 0 Å². The molecule has 0 amide bonds. The summed E-state index contributed by atoms with van der Waals surface area (Å²) in [5.41, 5.74) is 3.57. The van der Waals surface area contributed by atoms with Crippen LogP contribution in [0.1, 0.15) is 29.6 Å². The van der Waals surface area contributed by atoms with Crippen LogP contribution in [0.3, 0.4) is 0 Å². The van der Waals surface area contributed by atoms with Gasteiger partial charge in [-0.3, -0.25) is 4.68 Å². The molecule has 26 heavy (non-hydrogen) atoms. The molecule has 2 heterocycles. The van der Waals surface area contributed by atoms with E-state index in [1.807, 2.05) is 50.4 Å². The number of hydrogen-bond acceptors (Lipinski definition) is 4. The normalized spacial score (nSPS) is 11.8. The molecule has 0 bridgehead atoms. The van der Waals surface area contributed by atoms with Crippen LogP contribution in [0, 0.1) is 20.8 Å². The number of benzene rings is 1. The molecule has 0 unspecified atom stereocenters. The van der Waals surface area contributed by atoms with Gasteiger partial charge in [-0.2, -0.15) is 10.2 Å². The van der Waals surface area contributed by atoms with E-state index in [-0.39, 0.29) is 11.4 Å². The number of hydrogen-bond donors (Lipinski definition) is 1. The van der Waals surface area contributed by atoms with Gasteiger partial charge in [0.25, 0.3) is 0 Å². The Kier molecular flexibility index (Phi) is 4.97. The predicted molar refractivity (Wildman–Crippen MR) is 99.7 cm³/mol. The summed E-state index contributed by atoms with van der Waals surface area (Å²) in [7, 11) is -3.69. The molecule has 0 aliphatic heterocycles. The smallest absolute Gasteiger partial charge is 0.244 e. The van der Waals surface area contributed by atoms with Crippen molar-refractivity contribution in [3.63, 3.8) is 0 Å². The van der Waals surface area contributed by atoms with Gasteiger partial charge in [0.1, 0.15) is 4.90 Å². The van der Waals surface area contributed by atoms with E-state index in [0.717, 1.165) is 23.5 Å². The van der Waals surface area contributed by atoms with Crippen LogP contribution in [0.5, 0.6) is 0 Å². The summed E-state index contributed by atoms with van der Waals surface area (Å²) in [5, 5.41) is 8.76. The van der Waals surface area contributed by atoms with Crippen LogP contribution in [0.25, 0.3) is 5.69 Å². The molecule has 0 aliphatic carbocycles. The number of sulfonamides is 1. The van der Waals surface area contributed by atoms with Gasteiger partial charge in [-0.15, -0.1) is 0 Å². The number of rotatable bonds is 6. The van der Waals surface area contributed by atoms with Crippen molar-refractivity contribution >= 4 is 10.0 Å². The molecule has 0 aliphatic rings. The lowest BCUT2D eigenvalue weighted by molar-refractivity contribution is 0.579. The van der Waals surface area contributed by atoms with Crippen LogP contribution in [0.2, 0.25) is 0 Å². The Morgan fingerprint density at radius 3 is 2.35 bits per heavy atom. The first-order valence-electron chi connectivity index (χ1n) is 8.47. The van der Waals surface area contributed by atoms with Crippen LogP contribution >= 0.6 is 0 Å². The second-order valence-corrected chi connectivity index (χ2v) is 7.87. The lowest BCUT2D eigenvalue weighted by Gasteiger charge is -2.08. The second kappa shape index (κ2) is 7.05. The Labute approximate surface area is 153 Å². The second-order valence-electron chi connectivity index (χ2n) is 6.17. The van der Waals surface area contributed by atoms with Gasteiger partial charge < -0.3 is 0 Å². The van der Waals surface area contributed by atoms with Gasteiger partial charge in [0.15, 0.2) is 0 Å². The highest BCUT2D eigenvalue weighted by molar-refractivity contribution is 7.89. The lowest BCUT2D eigenvalue weighted by Crippen LogP contribution is -2.24. The summed E-state index contributed by atoms with van der Waals surface area (Å²) in [6, 6.07) is 9.49. The van der Waals surface area contributed by atoms with Crippen molar-refractivity contribution in [1.82, 2.24) is 24.3 Å². The lowest BCUT2D eigenvalue weighted by atomic mass is 10.3. The maximum Gasteiger partial charge on any atom is 0.244 e. The fourth-order valence-electron chi connectivity index (χ4n) is 2.98. The van der Waals surface area contributed by atoms with E-state index in [9.17, 15) is 8.42 Å². The van der Waals surface area contributed by atoms with Gasteiger partial charge in [0.05, 0.1) is 22.8 Å². The fraction of sp³-hybridized carbons (Fsp3) is 0.333. The molecule has 0 spiro atoms. The summed E-state index contributed by atoms with van der Waals surface area (Å²) in [6.07, 6.45) is 1.87. The molecular formula is C18H23N5O2S. The monoisotopic (exact) mass is 373 g/mol. The molecule has 138 valence electrons. The van der Waals surface area contributed by atoms with Crippen LogP contribution in [-0.4, -0.2) is 28.0 Å². The Hall–Kier alpha value is -2.45. The number of para-hydroxylation sites is 1. The van der Waals surface area contributed by atoms with Crippen molar-refractivity contribution in [2.45, 2.75) is 45.7 Å². The maximum atomic E-state index is 12.9. The molecule has 3 rings (SSSR count). The van der Waals surface area contributed by atoms with Gasteiger partial charge in [-0.05, 0) is 39.8 Å². The van der Waals surface area contributed by atoms with Gasteiger partial charge in [-0.1, -0.05) is 18.2 Å². The predicted octanol–water partition coefficient (Wildman–Crippen LogP) is 2.49.